The molecule has 1 heterocycles. The van der Waals surface area contributed by atoms with Gasteiger partial charge in [0.15, 0.2) is 17.1 Å². The molecule has 0 aliphatic rings. The molecule has 3 rings (SSSR count). The van der Waals surface area contributed by atoms with Gasteiger partial charge in [-0.1, -0.05) is 41.6 Å². The second kappa shape index (κ2) is 11.0. The van der Waals surface area contributed by atoms with E-state index in [1.54, 1.807) is 36.4 Å². The summed E-state index contributed by atoms with van der Waals surface area (Å²) >= 11 is 7.24. The first-order valence-electron chi connectivity index (χ1n) is 10.1. The molecule has 3 N–H and O–H groups in total. The summed E-state index contributed by atoms with van der Waals surface area (Å²) in [5, 5.41) is 12.4. The summed E-state index contributed by atoms with van der Waals surface area (Å²) in [6.07, 6.45) is 1.32. The van der Waals surface area contributed by atoms with Gasteiger partial charge in [-0.25, -0.2) is 0 Å². The molecule has 0 bridgehead atoms. The maximum atomic E-state index is 12.5. The third-order valence-electron chi connectivity index (χ3n) is 4.66. The van der Waals surface area contributed by atoms with Gasteiger partial charge in [0, 0.05) is 11.6 Å². The minimum atomic E-state index is -0.612. The number of hydrogen-bond acceptors (Lipinski definition) is 6. The van der Waals surface area contributed by atoms with Crippen LogP contribution in [0.5, 0.6) is 5.75 Å². The first-order valence-corrected chi connectivity index (χ1v) is 11.4. The summed E-state index contributed by atoms with van der Waals surface area (Å²) in [6, 6.07) is 12.0. The molecule has 0 radical (unpaired) electrons. The highest BCUT2D eigenvalue weighted by Gasteiger charge is 2.20. The molecule has 1 unspecified atom stereocenters. The summed E-state index contributed by atoms with van der Waals surface area (Å²) in [7, 11) is 0. The number of primary amides is 1. The van der Waals surface area contributed by atoms with E-state index in [2.05, 4.69) is 22.1 Å². The molecule has 172 valence electrons. The molecule has 0 spiro atoms. The molecule has 1 aromatic heterocycles. The number of carbonyl (C=O) groups excluding carboxylic acids is 2. The van der Waals surface area contributed by atoms with Crippen molar-refractivity contribution in [2.75, 3.05) is 11.1 Å². The normalized spacial score (nSPS) is 11.6. The Balaban J connectivity index is 1.71. The fourth-order valence-electron chi connectivity index (χ4n) is 3.12. The van der Waals surface area contributed by atoms with Crippen LogP contribution in [0, 0.1) is 6.92 Å². The number of aromatic nitrogens is 3. The van der Waals surface area contributed by atoms with Crippen molar-refractivity contribution >= 4 is 40.9 Å². The topological polar surface area (TPSA) is 112 Å². The molecular weight excluding hydrogens is 462 g/mol. The average Bonchev–Trinajstić information content (AvgIpc) is 3.17. The van der Waals surface area contributed by atoms with Gasteiger partial charge in [0.2, 0.25) is 5.91 Å². The molecule has 2 aromatic carbocycles. The SMILES string of the molecule is C=CCn1c(SCC(=O)Nc2ccccc2C(N)=O)nnc1C(C)Oc1ccc(Cl)cc1C. The summed E-state index contributed by atoms with van der Waals surface area (Å²) in [6.45, 7) is 8.04. The number of hydrogen-bond donors (Lipinski definition) is 2. The number of aryl methyl sites for hydroxylation is 1. The number of rotatable bonds is 10. The van der Waals surface area contributed by atoms with Crippen LogP contribution in [0.4, 0.5) is 5.69 Å². The van der Waals surface area contributed by atoms with Crippen LogP contribution in [0.25, 0.3) is 0 Å². The molecule has 8 nitrogen and oxygen atoms in total. The predicted molar refractivity (Wildman–Crippen MR) is 130 cm³/mol. The minimum Gasteiger partial charge on any atom is -0.482 e. The maximum Gasteiger partial charge on any atom is 0.250 e. The number of amides is 2. The van der Waals surface area contributed by atoms with Gasteiger partial charge in [0.05, 0.1) is 17.0 Å². The van der Waals surface area contributed by atoms with Crippen molar-refractivity contribution in [3.8, 4) is 5.75 Å². The van der Waals surface area contributed by atoms with Crippen LogP contribution in [-0.4, -0.2) is 32.3 Å². The highest BCUT2D eigenvalue weighted by molar-refractivity contribution is 7.99. The number of allylic oxidation sites excluding steroid dienone is 1. The fourth-order valence-corrected chi connectivity index (χ4v) is 4.10. The predicted octanol–water partition coefficient (Wildman–Crippen LogP) is 4.40. The van der Waals surface area contributed by atoms with E-state index in [-0.39, 0.29) is 17.2 Å². The Morgan fingerprint density at radius 1 is 1.30 bits per heavy atom. The van der Waals surface area contributed by atoms with E-state index in [0.29, 0.717) is 34.0 Å². The lowest BCUT2D eigenvalue weighted by Gasteiger charge is -2.17. The fraction of sp³-hybridized carbons (Fsp3) is 0.217. The van der Waals surface area contributed by atoms with Gasteiger partial charge in [0.25, 0.3) is 5.91 Å². The standard InChI is InChI=1S/C23H24ClN5O3S/c1-4-11-29-22(15(3)32-19-10-9-16(24)12-14(19)2)27-28-23(29)33-13-20(30)26-18-8-6-5-7-17(18)21(25)31/h4-10,12,15H,1,11,13H2,2-3H3,(H2,25,31)(H,26,30). The van der Waals surface area contributed by atoms with Crippen LogP contribution in [0.15, 0.2) is 60.3 Å². The lowest BCUT2D eigenvalue weighted by Crippen LogP contribution is -2.19. The quantitative estimate of drug-likeness (QED) is 0.325. The summed E-state index contributed by atoms with van der Waals surface area (Å²) in [5.41, 5.74) is 6.89. The Morgan fingerprint density at radius 2 is 2.06 bits per heavy atom. The first-order chi connectivity index (χ1) is 15.8. The Bertz CT molecular complexity index is 1180. The van der Waals surface area contributed by atoms with E-state index in [1.807, 2.05) is 30.5 Å². The van der Waals surface area contributed by atoms with Gasteiger partial charge in [-0.3, -0.25) is 14.2 Å². The second-order valence-electron chi connectivity index (χ2n) is 7.16. The van der Waals surface area contributed by atoms with E-state index >= 15 is 0 Å². The number of halogens is 1. The van der Waals surface area contributed by atoms with Crippen LogP contribution in [0.3, 0.4) is 0 Å². The van der Waals surface area contributed by atoms with Gasteiger partial charge >= 0.3 is 0 Å². The number of para-hydroxylation sites is 1. The molecule has 10 heteroatoms. The van der Waals surface area contributed by atoms with Gasteiger partial charge in [-0.2, -0.15) is 0 Å². The minimum absolute atomic E-state index is 0.0634. The van der Waals surface area contributed by atoms with E-state index in [0.717, 1.165) is 5.56 Å². The van der Waals surface area contributed by atoms with E-state index in [4.69, 9.17) is 22.1 Å². The molecule has 33 heavy (non-hydrogen) atoms. The van der Waals surface area contributed by atoms with Crippen molar-refractivity contribution in [2.45, 2.75) is 31.7 Å². The average molecular weight is 486 g/mol. The summed E-state index contributed by atoms with van der Waals surface area (Å²) in [5.74, 6) is 0.449. The molecule has 2 amide bonds. The van der Waals surface area contributed by atoms with Crippen LogP contribution in [0.1, 0.15) is 34.8 Å². The number of thioether (sulfide) groups is 1. The van der Waals surface area contributed by atoms with E-state index < -0.39 is 12.0 Å². The Hall–Kier alpha value is -3.30. The third kappa shape index (κ3) is 6.15. The van der Waals surface area contributed by atoms with Crippen LogP contribution < -0.4 is 15.8 Å². The lowest BCUT2D eigenvalue weighted by molar-refractivity contribution is -0.113. The number of anilines is 1. The van der Waals surface area contributed by atoms with Crippen LogP contribution in [-0.2, 0) is 11.3 Å². The van der Waals surface area contributed by atoms with Crippen molar-refractivity contribution in [3.63, 3.8) is 0 Å². The van der Waals surface area contributed by atoms with E-state index in [1.165, 1.54) is 11.8 Å². The molecule has 1 atom stereocenters. The molecular formula is C23H24ClN5O3S. The molecule has 3 aromatic rings. The first kappa shape index (κ1) is 24.3. The molecule has 0 saturated carbocycles. The van der Waals surface area contributed by atoms with Crippen molar-refractivity contribution in [2.24, 2.45) is 5.73 Å². The largest absolute Gasteiger partial charge is 0.482 e. The zero-order chi connectivity index (χ0) is 24.0. The number of carbonyl (C=O) groups is 2. The third-order valence-corrected chi connectivity index (χ3v) is 5.86. The zero-order valence-electron chi connectivity index (χ0n) is 18.2. The summed E-state index contributed by atoms with van der Waals surface area (Å²) in [4.78, 5) is 24.0. The Morgan fingerprint density at radius 3 is 2.76 bits per heavy atom. The Kier molecular flexibility index (Phi) is 8.13. The van der Waals surface area contributed by atoms with Crippen LogP contribution >= 0.6 is 23.4 Å². The number of nitrogens with zero attached hydrogens (tertiary/aromatic N) is 3. The molecule has 0 aliphatic carbocycles. The monoisotopic (exact) mass is 485 g/mol. The second-order valence-corrected chi connectivity index (χ2v) is 8.54. The maximum absolute atomic E-state index is 12.5. The zero-order valence-corrected chi connectivity index (χ0v) is 19.8. The number of nitrogens with two attached hydrogens (primary N) is 1. The molecule has 0 fully saturated rings. The highest BCUT2D eigenvalue weighted by Crippen LogP contribution is 2.28. The molecule has 0 saturated heterocycles. The van der Waals surface area contributed by atoms with Gasteiger partial charge in [-0.15, -0.1) is 16.8 Å². The van der Waals surface area contributed by atoms with Gasteiger partial charge in [-0.05, 0) is 49.7 Å². The van der Waals surface area contributed by atoms with E-state index in [9.17, 15) is 9.59 Å². The lowest BCUT2D eigenvalue weighted by atomic mass is 10.1. The number of ether oxygens (including phenoxy) is 1. The van der Waals surface area contributed by atoms with Gasteiger partial charge in [0.1, 0.15) is 5.75 Å². The Labute approximate surface area is 201 Å². The van der Waals surface area contributed by atoms with Crippen molar-refractivity contribution < 1.29 is 14.3 Å². The number of benzene rings is 2. The number of nitrogens with one attached hydrogen (secondary N) is 1. The highest BCUT2D eigenvalue weighted by atomic mass is 35.5. The molecule has 0 aliphatic heterocycles. The van der Waals surface area contributed by atoms with Crippen molar-refractivity contribution in [1.29, 1.82) is 0 Å². The van der Waals surface area contributed by atoms with Crippen molar-refractivity contribution in [3.05, 3.63) is 77.1 Å². The summed E-state index contributed by atoms with van der Waals surface area (Å²) < 4.78 is 7.92. The van der Waals surface area contributed by atoms with Gasteiger partial charge < -0.3 is 15.8 Å². The van der Waals surface area contributed by atoms with Crippen molar-refractivity contribution in [1.82, 2.24) is 14.8 Å². The van der Waals surface area contributed by atoms with Crippen LogP contribution in [0.2, 0.25) is 5.02 Å². The smallest absolute Gasteiger partial charge is 0.250 e.